The summed E-state index contributed by atoms with van der Waals surface area (Å²) in [5, 5.41) is 3.35. The van der Waals surface area contributed by atoms with Gasteiger partial charge in [-0.15, -0.1) is 0 Å². The minimum absolute atomic E-state index is 0.0769. The molecule has 0 bridgehead atoms. The summed E-state index contributed by atoms with van der Waals surface area (Å²) < 4.78 is 18.6. The summed E-state index contributed by atoms with van der Waals surface area (Å²) in [7, 11) is 3.77. The first kappa shape index (κ1) is 24.9. The number of ether oxygens (including phenoxy) is 3. The van der Waals surface area contributed by atoms with Crippen molar-refractivity contribution in [3.63, 3.8) is 0 Å². The zero-order chi connectivity index (χ0) is 24.3. The quantitative estimate of drug-likeness (QED) is 0.435. The average Bonchev–Trinajstić information content (AvgIpc) is 3.16. The number of allylic oxidation sites excluding steroid dienone is 2. The fraction of sp³-hybridized carbons (Fsp3) is 0.897. The van der Waals surface area contributed by atoms with E-state index in [-0.39, 0.29) is 42.0 Å². The van der Waals surface area contributed by atoms with Crippen LogP contribution in [0.5, 0.6) is 0 Å². The predicted molar refractivity (Wildman–Crippen MR) is 133 cm³/mol. The first-order valence-corrected chi connectivity index (χ1v) is 13.9. The van der Waals surface area contributed by atoms with Crippen molar-refractivity contribution in [3.8, 4) is 0 Å². The van der Waals surface area contributed by atoms with Gasteiger partial charge in [0.15, 0.2) is 6.29 Å². The molecule has 0 spiro atoms. The van der Waals surface area contributed by atoms with Gasteiger partial charge in [-0.1, -0.05) is 25.5 Å². The Morgan fingerprint density at radius 1 is 1.15 bits per heavy atom. The monoisotopic (exact) mass is 473 g/mol. The summed E-state index contributed by atoms with van der Waals surface area (Å²) in [5.74, 6) is 2.78. The maximum Gasteiger partial charge on any atom is 0.160 e. The first-order valence-electron chi connectivity index (χ1n) is 13.9. The number of fused-ring (bicyclic) bond motifs is 5. The molecule has 1 aliphatic heterocycles. The summed E-state index contributed by atoms with van der Waals surface area (Å²) in [6.07, 6.45) is 13.1. The summed E-state index contributed by atoms with van der Waals surface area (Å²) in [4.78, 5) is 12.4. The zero-order valence-electron chi connectivity index (χ0n) is 22.3. The van der Waals surface area contributed by atoms with Gasteiger partial charge < -0.3 is 19.5 Å². The molecule has 0 aromatic heterocycles. The van der Waals surface area contributed by atoms with Gasteiger partial charge in [-0.2, -0.15) is 0 Å². The fourth-order valence-electron chi connectivity index (χ4n) is 9.27. The van der Waals surface area contributed by atoms with Crippen LogP contribution in [0.3, 0.4) is 0 Å². The van der Waals surface area contributed by atoms with E-state index < -0.39 is 0 Å². The third kappa shape index (κ3) is 3.93. The second-order valence-corrected chi connectivity index (χ2v) is 12.6. The van der Waals surface area contributed by atoms with Gasteiger partial charge in [0, 0.05) is 19.4 Å². The van der Waals surface area contributed by atoms with Crippen LogP contribution in [0.25, 0.3) is 0 Å². The van der Waals surface area contributed by atoms with Crippen LogP contribution in [0.2, 0.25) is 0 Å². The molecule has 5 nitrogen and oxygen atoms in total. The van der Waals surface area contributed by atoms with Crippen molar-refractivity contribution in [3.05, 3.63) is 11.6 Å². The largest absolute Gasteiger partial charge is 0.380 e. The molecular formula is C29H47NO4. The van der Waals surface area contributed by atoms with Crippen LogP contribution in [-0.2, 0) is 19.0 Å². The molecule has 1 saturated heterocycles. The smallest absolute Gasteiger partial charge is 0.160 e. The third-order valence-corrected chi connectivity index (χ3v) is 11.2. The Bertz CT molecular complexity index is 812. The zero-order valence-corrected chi connectivity index (χ0v) is 22.3. The number of likely N-dealkylation sites (N-methyl/N-ethyl adjacent to an activating group) is 1. The van der Waals surface area contributed by atoms with E-state index in [4.69, 9.17) is 14.2 Å². The van der Waals surface area contributed by atoms with Gasteiger partial charge >= 0.3 is 0 Å². The lowest BCUT2D eigenvalue weighted by molar-refractivity contribution is -0.251. The van der Waals surface area contributed by atoms with E-state index in [2.05, 4.69) is 32.2 Å². The minimum atomic E-state index is -0.169. The Balaban J connectivity index is 1.24. The molecule has 11 unspecified atom stereocenters. The average molecular weight is 474 g/mol. The lowest BCUT2D eigenvalue weighted by atomic mass is 9.46. The molecule has 34 heavy (non-hydrogen) atoms. The molecular weight excluding hydrogens is 426 g/mol. The highest BCUT2D eigenvalue weighted by atomic mass is 16.7. The van der Waals surface area contributed by atoms with Crippen LogP contribution in [-0.4, -0.2) is 50.6 Å². The number of carbonyl (C=O) groups excluding carboxylic acids is 1. The van der Waals surface area contributed by atoms with Crippen LogP contribution in [0, 0.1) is 34.5 Å². The second kappa shape index (κ2) is 9.28. The van der Waals surface area contributed by atoms with E-state index in [0.717, 1.165) is 37.5 Å². The molecule has 0 aromatic carbocycles. The van der Waals surface area contributed by atoms with Gasteiger partial charge in [0.25, 0.3) is 0 Å². The Kier molecular flexibility index (Phi) is 6.80. The summed E-state index contributed by atoms with van der Waals surface area (Å²) >= 11 is 0. The topological polar surface area (TPSA) is 56.8 Å². The standard InChI is InChI=1S/C29H47NO4/c1-17(31)22-9-10-23-21-8-7-19-15-20(11-13-28(19,3)24(21)12-14-29(22,23)4)34-26-16-25(32-6)27(30-5)18(2)33-26/h10,18-22,24-27,30H,7-9,11-16H2,1-6H3. The molecule has 4 aliphatic carbocycles. The van der Waals surface area contributed by atoms with Crippen LogP contribution in [0.4, 0.5) is 0 Å². The Labute approximate surface area is 206 Å². The number of hydrogen-bond acceptors (Lipinski definition) is 5. The van der Waals surface area contributed by atoms with E-state index >= 15 is 0 Å². The van der Waals surface area contributed by atoms with E-state index in [0.29, 0.717) is 17.1 Å². The number of hydrogen-bond donors (Lipinski definition) is 1. The lowest BCUT2D eigenvalue weighted by Gasteiger charge is -2.59. The number of methoxy groups -OCH3 is 1. The molecule has 192 valence electrons. The van der Waals surface area contributed by atoms with Gasteiger partial charge in [0.05, 0.1) is 24.4 Å². The van der Waals surface area contributed by atoms with E-state index in [1.165, 1.54) is 32.1 Å². The van der Waals surface area contributed by atoms with Crippen LogP contribution >= 0.6 is 0 Å². The fourth-order valence-corrected chi connectivity index (χ4v) is 9.27. The molecule has 0 amide bonds. The van der Waals surface area contributed by atoms with E-state index in [9.17, 15) is 4.79 Å². The van der Waals surface area contributed by atoms with Gasteiger partial charge in [-0.25, -0.2) is 0 Å². The number of rotatable bonds is 5. The summed E-state index contributed by atoms with van der Waals surface area (Å²) in [5.41, 5.74) is 2.16. The highest BCUT2D eigenvalue weighted by molar-refractivity contribution is 5.80. The van der Waals surface area contributed by atoms with Crippen molar-refractivity contribution in [1.29, 1.82) is 0 Å². The molecule has 0 aromatic rings. The van der Waals surface area contributed by atoms with Gasteiger partial charge in [0.2, 0.25) is 0 Å². The van der Waals surface area contributed by atoms with Crippen molar-refractivity contribution in [2.45, 2.75) is 116 Å². The molecule has 11 atom stereocenters. The molecule has 0 radical (unpaired) electrons. The van der Waals surface area contributed by atoms with Crippen molar-refractivity contribution in [1.82, 2.24) is 5.32 Å². The SMILES string of the molecule is CNC1C(C)OC(OC2CCC3(C)C(CCC4C5=CCC(C(C)=O)C5(C)CCC43)C2)CC1OC. The van der Waals surface area contributed by atoms with Crippen LogP contribution in [0.1, 0.15) is 85.5 Å². The first-order chi connectivity index (χ1) is 16.2. The highest BCUT2D eigenvalue weighted by Gasteiger charge is 2.58. The predicted octanol–water partition coefficient (Wildman–Crippen LogP) is 5.28. The Hall–Kier alpha value is -0.750. The minimum Gasteiger partial charge on any atom is -0.380 e. The maximum atomic E-state index is 12.4. The van der Waals surface area contributed by atoms with Crippen molar-refractivity contribution >= 4 is 5.78 Å². The lowest BCUT2D eigenvalue weighted by Crippen LogP contribution is -2.56. The number of ketones is 1. The molecule has 5 aliphatic rings. The molecule has 1 heterocycles. The molecule has 3 saturated carbocycles. The molecule has 1 N–H and O–H groups in total. The molecule has 5 rings (SSSR count). The number of carbonyl (C=O) groups is 1. The van der Waals surface area contributed by atoms with Crippen molar-refractivity contribution in [2.24, 2.45) is 34.5 Å². The summed E-state index contributed by atoms with van der Waals surface area (Å²) in [6.45, 7) is 8.91. The molecule has 5 heteroatoms. The van der Waals surface area contributed by atoms with E-state index in [1.807, 2.05) is 14.0 Å². The molecule has 4 fully saturated rings. The maximum absolute atomic E-state index is 12.4. The van der Waals surface area contributed by atoms with Crippen LogP contribution in [0.15, 0.2) is 11.6 Å². The van der Waals surface area contributed by atoms with Crippen molar-refractivity contribution < 1.29 is 19.0 Å². The van der Waals surface area contributed by atoms with Crippen LogP contribution < -0.4 is 5.32 Å². The second-order valence-electron chi connectivity index (χ2n) is 12.6. The number of Topliss-reactive ketones (excluding diaryl/α,β-unsaturated/α-hetero) is 1. The van der Waals surface area contributed by atoms with Gasteiger partial charge in [-0.05, 0) is 101 Å². The van der Waals surface area contributed by atoms with Gasteiger partial charge in [-0.3, -0.25) is 4.79 Å². The normalized spacial score (nSPS) is 50.6. The van der Waals surface area contributed by atoms with Gasteiger partial charge in [0.1, 0.15) is 5.78 Å². The number of nitrogens with one attached hydrogen (secondary N) is 1. The highest BCUT2D eigenvalue weighted by Crippen LogP contribution is 2.66. The Morgan fingerprint density at radius 2 is 1.94 bits per heavy atom. The third-order valence-electron chi connectivity index (χ3n) is 11.2. The van der Waals surface area contributed by atoms with Crippen molar-refractivity contribution in [2.75, 3.05) is 14.2 Å². The Morgan fingerprint density at radius 3 is 2.65 bits per heavy atom. The van der Waals surface area contributed by atoms with E-state index in [1.54, 1.807) is 12.7 Å². The summed E-state index contributed by atoms with van der Waals surface area (Å²) in [6, 6.07) is 0.208.